The number of rotatable bonds is 2. The summed E-state index contributed by atoms with van der Waals surface area (Å²) in [6, 6.07) is 12.4. The fraction of sp³-hybridized carbons (Fsp3) is 0.125. The van der Waals surface area contributed by atoms with Crippen molar-refractivity contribution in [3.8, 4) is 5.75 Å². The quantitative estimate of drug-likeness (QED) is 0.820. The first-order valence-corrected chi connectivity index (χ1v) is 6.39. The maximum absolute atomic E-state index is 12.0. The number of phenols is 1. The molecule has 0 bridgehead atoms. The normalized spacial score (nSPS) is 17.2. The second-order valence-electron chi connectivity index (χ2n) is 4.80. The molecule has 1 amide bonds. The largest absolute Gasteiger partial charge is 0.508 e. The standard InChI is InChI=1S/C16H14N2O2/c1-10-3-2-4-14-15(10)13(16(20)18-14)9-17-11-5-7-12(19)8-6-11/h2-9,13,19H,1H3,(H,18,20). The van der Waals surface area contributed by atoms with Crippen LogP contribution in [0.5, 0.6) is 5.75 Å². The van der Waals surface area contributed by atoms with Gasteiger partial charge in [-0.2, -0.15) is 0 Å². The van der Waals surface area contributed by atoms with Gasteiger partial charge in [0, 0.05) is 11.9 Å². The van der Waals surface area contributed by atoms with Crippen LogP contribution in [-0.4, -0.2) is 17.2 Å². The van der Waals surface area contributed by atoms with Crippen molar-refractivity contribution in [3.63, 3.8) is 0 Å². The average molecular weight is 266 g/mol. The molecule has 2 aromatic rings. The van der Waals surface area contributed by atoms with E-state index in [1.807, 2.05) is 25.1 Å². The topological polar surface area (TPSA) is 61.7 Å². The van der Waals surface area contributed by atoms with Gasteiger partial charge in [-0.25, -0.2) is 0 Å². The van der Waals surface area contributed by atoms with Gasteiger partial charge in [-0.05, 0) is 48.4 Å². The Morgan fingerprint density at radius 2 is 1.95 bits per heavy atom. The van der Waals surface area contributed by atoms with Crippen LogP contribution in [0, 0.1) is 6.92 Å². The van der Waals surface area contributed by atoms with Crippen molar-refractivity contribution in [2.45, 2.75) is 12.8 Å². The minimum absolute atomic E-state index is 0.0585. The lowest BCUT2D eigenvalue weighted by molar-refractivity contribution is -0.115. The molecule has 0 aliphatic carbocycles. The molecule has 100 valence electrons. The Hall–Kier alpha value is -2.62. The zero-order valence-electron chi connectivity index (χ0n) is 11.0. The summed E-state index contributed by atoms with van der Waals surface area (Å²) in [6.45, 7) is 1.99. The van der Waals surface area contributed by atoms with E-state index in [4.69, 9.17) is 0 Å². The molecule has 1 aliphatic rings. The molecule has 0 aromatic heterocycles. The van der Waals surface area contributed by atoms with Gasteiger partial charge in [0.15, 0.2) is 0 Å². The Morgan fingerprint density at radius 1 is 1.20 bits per heavy atom. The number of fused-ring (bicyclic) bond motifs is 1. The molecule has 2 N–H and O–H groups in total. The Labute approximate surface area is 116 Å². The summed E-state index contributed by atoms with van der Waals surface area (Å²) < 4.78 is 0. The number of anilines is 1. The van der Waals surface area contributed by atoms with Gasteiger partial charge in [-0.15, -0.1) is 0 Å². The molecule has 1 aliphatic heterocycles. The maximum atomic E-state index is 12.0. The molecular formula is C16H14N2O2. The first-order chi connectivity index (χ1) is 9.65. The lowest BCUT2D eigenvalue weighted by atomic mass is 9.97. The number of phenolic OH excluding ortho intramolecular Hbond substituents is 1. The van der Waals surface area contributed by atoms with E-state index in [1.54, 1.807) is 30.5 Å². The Bertz CT molecular complexity index is 690. The lowest BCUT2D eigenvalue weighted by Crippen LogP contribution is -2.13. The van der Waals surface area contributed by atoms with Gasteiger partial charge in [-0.1, -0.05) is 12.1 Å². The van der Waals surface area contributed by atoms with Crippen LogP contribution in [0.25, 0.3) is 0 Å². The van der Waals surface area contributed by atoms with E-state index in [-0.39, 0.29) is 17.6 Å². The Balaban J connectivity index is 1.92. The summed E-state index contributed by atoms with van der Waals surface area (Å²) in [5.41, 5.74) is 3.62. The zero-order valence-corrected chi connectivity index (χ0v) is 11.0. The molecule has 1 atom stereocenters. The van der Waals surface area contributed by atoms with Crippen LogP contribution in [0.1, 0.15) is 17.0 Å². The number of aryl methyl sites for hydroxylation is 1. The van der Waals surface area contributed by atoms with Gasteiger partial charge in [0.2, 0.25) is 5.91 Å². The van der Waals surface area contributed by atoms with Gasteiger partial charge < -0.3 is 10.4 Å². The van der Waals surface area contributed by atoms with Gasteiger partial charge in [-0.3, -0.25) is 9.79 Å². The van der Waals surface area contributed by atoms with Crippen molar-refractivity contribution >= 4 is 23.5 Å². The molecule has 3 rings (SSSR count). The van der Waals surface area contributed by atoms with E-state index in [0.717, 1.165) is 16.8 Å². The fourth-order valence-electron chi connectivity index (χ4n) is 2.39. The van der Waals surface area contributed by atoms with E-state index in [9.17, 15) is 9.90 Å². The van der Waals surface area contributed by atoms with Crippen molar-refractivity contribution in [2.24, 2.45) is 4.99 Å². The molecule has 1 heterocycles. The van der Waals surface area contributed by atoms with Crippen LogP contribution in [-0.2, 0) is 4.79 Å². The molecule has 0 spiro atoms. The summed E-state index contributed by atoms with van der Waals surface area (Å²) in [5.74, 6) is -0.222. The number of nitrogens with zero attached hydrogens (tertiary/aromatic N) is 1. The Morgan fingerprint density at radius 3 is 2.70 bits per heavy atom. The first kappa shape index (κ1) is 12.4. The van der Waals surface area contributed by atoms with Crippen LogP contribution in [0.15, 0.2) is 47.5 Å². The number of carbonyl (C=O) groups excluding carboxylic acids is 1. The highest BCUT2D eigenvalue weighted by Gasteiger charge is 2.30. The number of aromatic hydroxyl groups is 1. The third-order valence-electron chi connectivity index (χ3n) is 3.40. The van der Waals surface area contributed by atoms with Crippen molar-refractivity contribution < 1.29 is 9.90 Å². The predicted molar refractivity (Wildman–Crippen MR) is 78.8 cm³/mol. The number of aliphatic imine (C=N–C) groups is 1. The van der Waals surface area contributed by atoms with Gasteiger partial charge in [0.25, 0.3) is 0 Å². The Kier molecular flexibility index (Phi) is 2.99. The molecule has 2 aromatic carbocycles. The first-order valence-electron chi connectivity index (χ1n) is 6.39. The summed E-state index contributed by atoms with van der Waals surface area (Å²) in [4.78, 5) is 16.3. The molecule has 0 fully saturated rings. The summed E-state index contributed by atoms with van der Waals surface area (Å²) >= 11 is 0. The van der Waals surface area contributed by atoms with Gasteiger partial charge in [0.05, 0.1) is 5.69 Å². The van der Waals surface area contributed by atoms with E-state index in [0.29, 0.717) is 5.69 Å². The number of hydrogen-bond donors (Lipinski definition) is 2. The van der Waals surface area contributed by atoms with Crippen molar-refractivity contribution in [1.29, 1.82) is 0 Å². The predicted octanol–water partition coefficient (Wildman–Crippen LogP) is 3.14. The second-order valence-corrected chi connectivity index (χ2v) is 4.80. The molecule has 0 saturated carbocycles. The van der Waals surface area contributed by atoms with Crippen LogP contribution < -0.4 is 5.32 Å². The van der Waals surface area contributed by atoms with Crippen LogP contribution in [0.3, 0.4) is 0 Å². The molecular weight excluding hydrogens is 252 g/mol. The molecule has 1 unspecified atom stereocenters. The van der Waals surface area contributed by atoms with E-state index >= 15 is 0 Å². The molecule has 0 saturated heterocycles. The zero-order chi connectivity index (χ0) is 14.1. The van der Waals surface area contributed by atoms with Crippen molar-refractivity contribution in [2.75, 3.05) is 5.32 Å². The molecule has 4 heteroatoms. The highest BCUT2D eigenvalue weighted by atomic mass is 16.3. The van der Waals surface area contributed by atoms with Crippen LogP contribution >= 0.6 is 0 Å². The van der Waals surface area contributed by atoms with E-state index in [2.05, 4.69) is 10.3 Å². The van der Waals surface area contributed by atoms with Crippen LogP contribution in [0.4, 0.5) is 11.4 Å². The minimum atomic E-state index is -0.361. The maximum Gasteiger partial charge on any atom is 0.237 e. The van der Waals surface area contributed by atoms with Gasteiger partial charge >= 0.3 is 0 Å². The van der Waals surface area contributed by atoms with Gasteiger partial charge in [0.1, 0.15) is 11.7 Å². The van der Waals surface area contributed by atoms with E-state index < -0.39 is 0 Å². The average Bonchev–Trinajstić information content (AvgIpc) is 2.75. The summed E-state index contributed by atoms with van der Waals surface area (Å²) in [7, 11) is 0. The third kappa shape index (κ3) is 2.16. The monoisotopic (exact) mass is 266 g/mol. The number of benzene rings is 2. The molecule has 20 heavy (non-hydrogen) atoms. The number of nitrogens with one attached hydrogen (secondary N) is 1. The summed E-state index contributed by atoms with van der Waals surface area (Å²) in [5, 5.41) is 12.1. The minimum Gasteiger partial charge on any atom is -0.508 e. The lowest BCUT2D eigenvalue weighted by Gasteiger charge is -2.05. The highest BCUT2D eigenvalue weighted by Crippen LogP contribution is 2.34. The second kappa shape index (κ2) is 4.81. The highest BCUT2D eigenvalue weighted by molar-refractivity contribution is 6.13. The number of carbonyl (C=O) groups is 1. The van der Waals surface area contributed by atoms with E-state index in [1.165, 1.54) is 0 Å². The summed E-state index contributed by atoms with van der Waals surface area (Å²) in [6.07, 6.45) is 1.65. The number of amides is 1. The smallest absolute Gasteiger partial charge is 0.237 e. The van der Waals surface area contributed by atoms with Crippen molar-refractivity contribution in [1.82, 2.24) is 0 Å². The molecule has 4 nitrogen and oxygen atoms in total. The third-order valence-corrected chi connectivity index (χ3v) is 3.40. The van der Waals surface area contributed by atoms with Crippen molar-refractivity contribution in [3.05, 3.63) is 53.6 Å². The molecule has 0 radical (unpaired) electrons. The fourth-order valence-corrected chi connectivity index (χ4v) is 2.39. The number of hydrogen-bond acceptors (Lipinski definition) is 3. The SMILES string of the molecule is Cc1cccc2c1C(C=Nc1ccc(O)cc1)C(=O)N2. The van der Waals surface area contributed by atoms with Crippen LogP contribution in [0.2, 0.25) is 0 Å².